The van der Waals surface area contributed by atoms with Crippen LogP contribution in [0.2, 0.25) is 5.02 Å². The molecular formula is C15H15ClO. The minimum atomic E-state index is 0.733. The van der Waals surface area contributed by atoms with Crippen LogP contribution in [0.3, 0.4) is 0 Å². The molecule has 2 heteroatoms. The van der Waals surface area contributed by atoms with E-state index in [9.17, 15) is 0 Å². The lowest BCUT2D eigenvalue weighted by molar-refractivity contribution is 0.311. The quantitative estimate of drug-likeness (QED) is 0.713. The molecule has 0 fully saturated rings. The van der Waals surface area contributed by atoms with Crippen LogP contribution in [0.1, 0.15) is 12.0 Å². The van der Waals surface area contributed by atoms with E-state index in [-0.39, 0.29) is 0 Å². The van der Waals surface area contributed by atoms with Gasteiger partial charge in [-0.3, -0.25) is 0 Å². The number of halogens is 1. The molecular weight excluding hydrogens is 232 g/mol. The topological polar surface area (TPSA) is 9.23 Å². The smallest absolute Gasteiger partial charge is 0.119 e. The Morgan fingerprint density at radius 2 is 1.59 bits per heavy atom. The van der Waals surface area contributed by atoms with Crippen molar-refractivity contribution in [2.75, 3.05) is 6.61 Å². The van der Waals surface area contributed by atoms with Crippen molar-refractivity contribution in [3.8, 4) is 5.75 Å². The first-order valence-electron chi connectivity index (χ1n) is 5.77. The van der Waals surface area contributed by atoms with Gasteiger partial charge in [-0.15, -0.1) is 0 Å². The van der Waals surface area contributed by atoms with E-state index < -0.39 is 0 Å². The summed E-state index contributed by atoms with van der Waals surface area (Å²) in [5.41, 5.74) is 1.35. The molecule has 0 heterocycles. The fourth-order valence-corrected chi connectivity index (χ4v) is 1.77. The highest BCUT2D eigenvalue weighted by Crippen LogP contribution is 2.15. The lowest BCUT2D eigenvalue weighted by Gasteiger charge is -2.06. The summed E-state index contributed by atoms with van der Waals surface area (Å²) in [6.45, 7) is 0.733. The van der Waals surface area contributed by atoms with Gasteiger partial charge < -0.3 is 4.74 Å². The highest BCUT2D eigenvalue weighted by molar-refractivity contribution is 6.30. The second-order valence-corrected chi connectivity index (χ2v) is 4.33. The molecule has 0 amide bonds. The summed E-state index contributed by atoms with van der Waals surface area (Å²) < 4.78 is 5.62. The Morgan fingerprint density at radius 1 is 0.882 bits per heavy atom. The zero-order chi connectivity index (χ0) is 11.9. The lowest BCUT2D eigenvalue weighted by Crippen LogP contribution is -1.99. The molecule has 0 saturated heterocycles. The van der Waals surface area contributed by atoms with Gasteiger partial charge in [0, 0.05) is 5.02 Å². The number of benzene rings is 2. The molecule has 2 aromatic rings. The van der Waals surface area contributed by atoms with Gasteiger partial charge >= 0.3 is 0 Å². The molecule has 0 N–H and O–H groups in total. The lowest BCUT2D eigenvalue weighted by atomic mass is 10.1. The standard InChI is InChI=1S/C15H15ClO/c16-14-8-10-15(11-9-14)17-12-4-7-13-5-2-1-3-6-13/h1-3,5-6,8-11H,4,7,12H2. The Balaban J connectivity index is 1.71. The van der Waals surface area contributed by atoms with Crippen molar-refractivity contribution in [2.24, 2.45) is 0 Å². The second-order valence-electron chi connectivity index (χ2n) is 3.89. The number of aryl methyl sites for hydroxylation is 1. The van der Waals surface area contributed by atoms with Crippen molar-refractivity contribution < 1.29 is 4.74 Å². The normalized spacial score (nSPS) is 10.2. The fraction of sp³-hybridized carbons (Fsp3) is 0.200. The van der Waals surface area contributed by atoms with E-state index >= 15 is 0 Å². The minimum Gasteiger partial charge on any atom is -0.494 e. The Morgan fingerprint density at radius 3 is 2.29 bits per heavy atom. The average molecular weight is 247 g/mol. The number of hydrogen-bond acceptors (Lipinski definition) is 1. The van der Waals surface area contributed by atoms with Gasteiger partial charge in [0.1, 0.15) is 5.75 Å². The molecule has 0 unspecified atom stereocenters. The molecule has 2 aromatic carbocycles. The Labute approximate surface area is 107 Å². The van der Waals surface area contributed by atoms with Crippen LogP contribution in [0.15, 0.2) is 54.6 Å². The zero-order valence-corrected chi connectivity index (χ0v) is 10.4. The van der Waals surface area contributed by atoms with Gasteiger partial charge in [-0.05, 0) is 42.7 Å². The van der Waals surface area contributed by atoms with E-state index in [0.29, 0.717) is 0 Å². The molecule has 2 rings (SSSR count). The molecule has 0 bridgehead atoms. The SMILES string of the molecule is Clc1ccc(OCCCc2ccccc2)cc1. The third-order valence-electron chi connectivity index (χ3n) is 2.53. The van der Waals surface area contributed by atoms with Crippen molar-refractivity contribution in [1.82, 2.24) is 0 Å². The predicted octanol–water partition coefficient (Wildman–Crippen LogP) is 4.35. The van der Waals surface area contributed by atoms with Crippen molar-refractivity contribution in [3.63, 3.8) is 0 Å². The van der Waals surface area contributed by atoms with E-state index in [1.807, 2.05) is 30.3 Å². The van der Waals surface area contributed by atoms with Crippen molar-refractivity contribution in [1.29, 1.82) is 0 Å². The maximum atomic E-state index is 5.80. The molecule has 88 valence electrons. The number of hydrogen-bond donors (Lipinski definition) is 0. The molecule has 0 atom stereocenters. The van der Waals surface area contributed by atoms with E-state index in [4.69, 9.17) is 16.3 Å². The summed E-state index contributed by atoms with van der Waals surface area (Å²) >= 11 is 5.80. The van der Waals surface area contributed by atoms with Gasteiger partial charge in [-0.1, -0.05) is 41.9 Å². The third-order valence-corrected chi connectivity index (χ3v) is 2.79. The Bertz CT molecular complexity index is 436. The fourth-order valence-electron chi connectivity index (χ4n) is 1.64. The largest absolute Gasteiger partial charge is 0.494 e. The molecule has 0 aliphatic rings. The summed E-state index contributed by atoms with van der Waals surface area (Å²) in [6, 6.07) is 17.9. The molecule has 0 saturated carbocycles. The third kappa shape index (κ3) is 4.12. The van der Waals surface area contributed by atoms with E-state index in [2.05, 4.69) is 24.3 Å². The maximum Gasteiger partial charge on any atom is 0.119 e. The Hall–Kier alpha value is -1.47. The molecule has 0 aromatic heterocycles. The molecule has 0 aliphatic heterocycles. The molecule has 1 nitrogen and oxygen atoms in total. The van der Waals surface area contributed by atoms with E-state index in [1.54, 1.807) is 0 Å². The van der Waals surface area contributed by atoms with Gasteiger partial charge in [0.15, 0.2) is 0 Å². The van der Waals surface area contributed by atoms with Crippen LogP contribution < -0.4 is 4.74 Å². The highest BCUT2D eigenvalue weighted by Gasteiger charge is 1.95. The molecule has 0 aliphatic carbocycles. The minimum absolute atomic E-state index is 0.733. The first kappa shape index (κ1) is 12.0. The van der Waals surface area contributed by atoms with Crippen LogP contribution >= 0.6 is 11.6 Å². The van der Waals surface area contributed by atoms with Gasteiger partial charge in [-0.2, -0.15) is 0 Å². The summed E-state index contributed by atoms with van der Waals surface area (Å²) in [6.07, 6.45) is 2.07. The first-order valence-corrected chi connectivity index (χ1v) is 6.15. The van der Waals surface area contributed by atoms with Crippen LogP contribution in [0, 0.1) is 0 Å². The monoisotopic (exact) mass is 246 g/mol. The average Bonchev–Trinajstić information content (AvgIpc) is 2.38. The van der Waals surface area contributed by atoms with E-state index in [1.165, 1.54) is 5.56 Å². The summed E-state index contributed by atoms with van der Waals surface area (Å²) in [5.74, 6) is 0.877. The van der Waals surface area contributed by atoms with Gasteiger partial charge in [0.05, 0.1) is 6.61 Å². The maximum absolute atomic E-state index is 5.80. The van der Waals surface area contributed by atoms with Crippen LogP contribution in [0.5, 0.6) is 5.75 Å². The van der Waals surface area contributed by atoms with Crippen LogP contribution in [-0.4, -0.2) is 6.61 Å². The predicted molar refractivity (Wildman–Crippen MR) is 71.7 cm³/mol. The zero-order valence-electron chi connectivity index (χ0n) is 9.60. The van der Waals surface area contributed by atoms with Crippen LogP contribution in [-0.2, 0) is 6.42 Å². The Kier molecular flexibility index (Phi) is 4.45. The summed E-state index contributed by atoms with van der Waals surface area (Å²) in [7, 11) is 0. The molecule has 0 spiro atoms. The second kappa shape index (κ2) is 6.31. The van der Waals surface area contributed by atoms with Crippen LogP contribution in [0.4, 0.5) is 0 Å². The van der Waals surface area contributed by atoms with Crippen molar-refractivity contribution in [2.45, 2.75) is 12.8 Å². The van der Waals surface area contributed by atoms with Crippen LogP contribution in [0.25, 0.3) is 0 Å². The highest BCUT2D eigenvalue weighted by atomic mass is 35.5. The van der Waals surface area contributed by atoms with Gasteiger partial charge in [0.25, 0.3) is 0 Å². The summed E-state index contributed by atoms with van der Waals surface area (Å²) in [5, 5.41) is 0.738. The van der Waals surface area contributed by atoms with Gasteiger partial charge in [-0.25, -0.2) is 0 Å². The summed E-state index contributed by atoms with van der Waals surface area (Å²) in [4.78, 5) is 0. The number of ether oxygens (including phenoxy) is 1. The van der Waals surface area contributed by atoms with Crippen molar-refractivity contribution in [3.05, 3.63) is 65.2 Å². The van der Waals surface area contributed by atoms with Gasteiger partial charge in [0.2, 0.25) is 0 Å². The van der Waals surface area contributed by atoms with E-state index in [0.717, 1.165) is 30.2 Å². The van der Waals surface area contributed by atoms with Crippen molar-refractivity contribution >= 4 is 11.6 Å². The molecule has 0 radical (unpaired) electrons. The molecule has 17 heavy (non-hydrogen) atoms. The number of rotatable bonds is 5. The first-order chi connectivity index (χ1) is 8.34.